The molecule has 0 radical (unpaired) electrons. The van der Waals surface area contributed by atoms with Crippen LogP contribution in [0.4, 0.5) is 0 Å². The summed E-state index contributed by atoms with van der Waals surface area (Å²) in [7, 11) is 2.41. The van der Waals surface area contributed by atoms with E-state index in [-0.39, 0.29) is 35.5 Å². The molecule has 11 heavy (non-hydrogen) atoms. The van der Waals surface area contributed by atoms with Crippen LogP contribution in [0, 0.1) is 5.92 Å². The van der Waals surface area contributed by atoms with Gasteiger partial charge in [-0.3, -0.25) is 9.59 Å². The summed E-state index contributed by atoms with van der Waals surface area (Å²) in [6.45, 7) is 1.34. The van der Waals surface area contributed by atoms with Gasteiger partial charge in [0.25, 0.3) is 0 Å². The Labute approximate surface area is 87.5 Å². The SMILES string of the molecule is COC(=O)[C-](C)C(=O)OC.[Na+]. The Morgan fingerprint density at radius 2 is 1.36 bits per heavy atom. The Hall–Kier alpha value is -0.190. The van der Waals surface area contributed by atoms with Crippen molar-refractivity contribution in [3.8, 4) is 0 Å². The molecule has 0 spiro atoms. The predicted molar refractivity (Wildman–Crippen MR) is 32.9 cm³/mol. The van der Waals surface area contributed by atoms with Gasteiger partial charge in [-0.15, -0.1) is 0 Å². The third kappa shape index (κ3) is 4.29. The zero-order chi connectivity index (χ0) is 8.15. The molecule has 5 heteroatoms. The molecule has 0 amide bonds. The number of carbonyl (C=O) groups is 2. The van der Waals surface area contributed by atoms with Crippen molar-refractivity contribution < 1.29 is 48.6 Å². The van der Waals surface area contributed by atoms with Gasteiger partial charge in [0.15, 0.2) is 11.9 Å². The molecule has 4 nitrogen and oxygen atoms in total. The van der Waals surface area contributed by atoms with E-state index < -0.39 is 11.9 Å². The van der Waals surface area contributed by atoms with Crippen molar-refractivity contribution in [3.05, 3.63) is 5.92 Å². The fraction of sp³-hybridized carbons (Fsp3) is 0.500. The van der Waals surface area contributed by atoms with Crippen LogP contribution in [0.5, 0.6) is 0 Å². The zero-order valence-corrected chi connectivity index (χ0v) is 9.13. The molecule has 0 fully saturated rings. The second-order valence-electron chi connectivity index (χ2n) is 1.61. The van der Waals surface area contributed by atoms with Crippen LogP contribution in [-0.4, -0.2) is 26.2 Å². The number of esters is 2. The van der Waals surface area contributed by atoms with Crippen LogP contribution >= 0.6 is 0 Å². The summed E-state index contributed by atoms with van der Waals surface area (Å²) >= 11 is 0. The number of rotatable bonds is 2. The summed E-state index contributed by atoms with van der Waals surface area (Å²) in [6.07, 6.45) is 0. The first-order valence-corrected chi connectivity index (χ1v) is 2.63. The molecule has 0 saturated heterocycles. The summed E-state index contributed by atoms with van der Waals surface area (Å²) in [6, 6.07) is 0. The van der Waals surface area contributed by atoms with E-state index in [0.717, 1.165) is 0 Å². The summed E-state index contributed by atoms with van der Waals surface area (Å²) in [5, 5.41) is 0. The van der Waals surface area contributed by atoms with E-state index in [1.54, 1.807) is 0 Å². The maximum atomic E-state index is 10.6. The first-order chi connectivity index (χ1) is 4.63. The first kappa shape index (κ1) is 13.4. The van der Waals surface area contributed by atoms with Crippen molar-refractivity contribution in [2.24, 2.45) is 0 Å². The van der Waals surface area contributed by atoms with E-state index in [1.807, 2.05) is 0 Å². The van der Waals surface area contributed by atoms with Gasteiger partial charge >= 0.3 is 29.6 Å². The van der Waals surface area contributed by atoms with E-state index in [2.05, 4.69) is 9.47 Å². The average molecular weight is 168 g/mol. The van der Waals surface area contributed by atoms with Crippen molar-refractivity contribution in [1.82, 2.24) is 0 Å². The van der Waals surface area contributed by atoms with E-state index in [4.69, 9.17) is 0 Å². The van der Waals surface area contributed by atoms with Crippen LogP contribution in [-0.2, 0) is 19.1 Å². The molecular weight excluding hydrogens is 159 g/mol. The smallest absolute Gasteiger partial charge is 0.491 e. The third-order valence-corrected chi connectivity index (χ3v) is 0.983. The molecular formula is C6H9NaO4. The molecule has 0 saturated carbocycles. The molecule has 0 aromatic carbocycles. The summed E-state index contributed by atoms with van der Waals surface area (Å²) in [5.41, 5.74) is 0. The third-order valence-electron chi connectivity index (χ3n) is 0.983. The van der Waals surface area contributed by atoms with Crippen LogP contribution in [0.3, 0.4) is 0 Å². The Morgan fingerprint density at radius 3 is 1.55 bits per heavy atom. The average Bonchev–Trinajstić information content (AvgIpc) is 2.00. The maximum absolute atomic E-state index is 10.6. The van der Waals surface area contributed by atoms with Gasteiger partial charge in [0.2, 0.25) is 0 Å². The molecule has 0 aliphatic heterocycles. The van der Waals surface area contributed by atoms with Gasteiger partial charge in [0.1, 0.15) is 0 Å². The van der Waals surface area contributed by atoms with Gasteiger partial charge in [-0.25, -0.2) is 0 Å². The minimum absolute atomic E-state index is 0. The van der Waals surface area contributed by atoms with Crippen molar-refractivity contribution >= 4 is 11.9 Å². The van der Waals surface area contributed by atoms with Crippen LogP contribution < -0.4 is 29.6 Å². The Bertz CT molecular complexity index is 130. The minimum Gasteiger partial charge on any atom is -0.491 e. The number of hydrogen-bond donors (Lipinski definition) is 0. The molecule has 0 aliphatic rings. The maximum Gasteiger partial charge on any atom is 1.00 e. The number of ether oxygens (including phenoxy) is 2. The van der Waals surface area contributed by atoms with E-state index in [1.165, 1.54) is 21.1 Å². The van der Waals surface area contributed by atoms with Gasteiger partial charge in [-0.1, -0.05) is 0 Å². The Morgan fingerprint density at radius 1 is 1.09 bits per heavy atom. The zero-order valence-electron chi connectivity index (χ0n) is 7.13. The number of hydrogen-bond acceptors (Lipinski definition) is 4. The van der Waals surface area contributed by atoms with E-state index in [9.17, 15) is 9.59 Å². The summed E-state index contributed by atoms with van der Waals surface area (Å²) in [5.74, 6) is -1.37. The van der Waals surface area contributed by atoms with Crippen LogP contribution in [0.2, 0.25) is 0 Å². The molecule has 0 unspecified atom stereocenters. The van der Waals surface area contributed by atoms with Gasteiger partial charge in [-0.05, 0) is 0 Å². The fourth-order valence-electron chi connectivity index (χ4n) is 0.390. The number of carbonyl (C=O) groups excluding carboxylic acids is 2. The molecule has 58 valence electrons. The normalized spacial score (nSPS) is 7.55. The van der Waals surface area contributed by atoms with Crippen LogP contribution in [0.15, 0.2) is 0 Å². The van der Waals surface area contributed by atoms with Crippen molar-refractivity contribution in [2.45, 2.75) is 6.92 Å². The number of methoxy groups -OCH3 is 2. The molecule has 0 aliphatic carbocycles. The molecule has 0 aromatic rings. The monoisotopic (exact) mass is 168 g/mol. The van der Waals surface area contributed by atoms with Crippen molar-refractivity contribution in [3.63, 3.8) is 0 Å². The second kappa shape index (κ2) is 6.52. The Kier molecular flexibility index (Phi) is 7.94. The molecule has 0 bridgehead atoms. The molecule has 0 aromatic heterocycles. The quantitative estimate of drug-likeness (QED) is 0.190. The van der Waals surface area contributed by atoms with Gasteiger partial charge in [-0.2, -0.15) is 12.8 Å². The van der Waals surface area contributed by atoms with Crippen molar-refractivity contribution in [1.29, 1.82) is 0 Å². The van der Waals surface area contributed by atoms with E-state index >= 15 is 0 Å². The molecule has 0 heterocycles. The van der Waals surface area contributed by atoms with Crippen LogP contribution in [0.1, 0.15) is 6.92 Å². The van der Waals surface area contributed by atoms with E-state index in [0.29, 0.717) is 0 Å². The van der Waals surface area contributed by atoms with Gasteiger partial charge in [0.05, 0.1) is 14.2 Å². The molecule has 0 rings (SSSR count). The minimum atomic E-state index is -0.660. The van der Waals surface area contributed by atoms with Gasteiger partial charge in [0, 0.05) is 0 Å². The Balaban J connectivity index is 0. The standard InChI is InChI=1S/C6H9O4.Na/c1-4(5(7)9-2)6(8)10-3;/h1-3H3;/q-1;+1. The summed E-state index contributed by atoms with van der Waals surface area (Å²) < 4.78 is 8.52. The van der Waals surface area contributed by atoms with Crippen molar-refractivity contribution in [2.75, 3.05) is 14.2 Å². The molecule has 0 N–H and O–H groups in total. The molecule has 0 atom stereocenters. The predicted octanol–water partition coefficient (Wildman–Crippen LogP) is -3.07. The second-order valence-corrected chi connectivity index (χ2v) is 1.61. The summed E-state index contributed by atoms with van der Waals surface area (Å²) in [4.78, 5) is 21.1. The van der Waals surface area contributed by atoms with Crippen LogP contribution in [0.25, 0.3) is 0 Å². The van der Waals surface area contributed by atoms with Gasteiger partial charge < -0.3 is 9.47 Å². The largest absolute Gasteiger partial charge is 1.00 e. The topological polar surface area (TPSA) is 52.6 Å². The fourth-order valence-corrected chi connectivity index (χ4v) is 0.390. The first-order valence-electron chi connectivity index (χ1n) is 2.63.